The molecule has 0 spiro atoms. The van der Waals surface area contributed by atoms with Gasteiger partial charge in [-0.15, -0.1) is 0 Å². The lowest BCUT2D eigenvalue weighted by atomic mass is 9.83. The van der Waals surface area contributed by atoms with Crippen molar-refractivity contribution in [2.45, 2.75) is 6.92 Å². The maximum atomic E-state index is 10.8. The van der Waals surface area contributed by atoms with Crippen molar-refractivity contribution in [2.24, 2.45) is 11.3 Å². The van der Waals surface area contributed by atoms with Crippen LogP contribution in [0.25, 0.3) is 0 Å². The number of carboxylic acid groups (broad SMARTS) is 1. The number of carbonyl (C=O) groups is 1. The number of hydrogen-bond donors (Lipinski definition) is 2. The van der Waals surface area contributed by atoms with Crippen molar-refractivity contribution < 1.29 is 15.0 Å². The minimum Gasteiger partial charge on any atom is -0.480 e. The van der Waals surface area contributed by atoms with Gasteiger partial charge in [0, 0.05) is 0 Å². The van der Waals surface area contributed by atoms with E-state index in [1.807, 2.05) is 6.92 Å². The summed E-state index contributed by atoms with van der Waals surface area (Å²) in [6.45, 7) is 1.57. The van der Waals surface area contributed by atoms with Gasteiger partial charge in [0.15, 0.2) is 0 Å². The van der Waals surface area contributed by atoms with E-state index in [1.165, 1.54) is 0 Å². The summed E-state index contributed by atoms with van der Waals surface area (Å²) in [4.78, 5) is 10.8. The standard InChI is InChI=1S/C9H12O3/c1-7-2-4-9(6-10,5-3-7)8(11)12/h2-5,7,10H,6H2,1H3,(H,11,12). The highest BCUT2D eigenvalue weighted by Crippen LogP contribution is 2.26. The van der Waals surface area contributed by atoms with Crippen LogP contribution in [0, 0.1) is 11.3 Å². The summed E-state index contributed by atoms with van der Waals surface area (Å²) in [5.74, 6) is -0.756. The topological polar surface area (TPSA) is 57.5 Å². The molecule has 2 N–H and O–H groups in total. The monoisotopic (exact) mass is 168 g/mol. The fourth-order valence-corrected chi connectivity index (χ4v) is 1.08. The highest BCUT2D eigenvalue weighted by molar-refractivity contribution is 5.80. The average molecular weight is 168 g/mol. The molecule has 1 rings (SSSR count). The molecule has 0 unspecified atom stereocenters. The Labute approximate surface area is 71.0 Å². The van der Waals surface area contributed by atoms with Gasteiger partial charge in [-0.05, 0) is 5.92 Å². The molecule has 1 aliphatic rings. The van der Waals surface area contributed by atoms with Gasteiger partial charge in [-0.1, -0.05) is 31.2 Å². The molecule has 0 heterocycles. The Morgan fingerprint density at radius 3 is 2.33 bits per heavy atom. The summed E-state index contributed by atoms with van der Waals surface area (Å²) in [5, 5.41) is 17.7. The van der Waals surface area contributed by atoms with Gasteiger partial charge in [-0.25, -0.2) is 0 Å². The van der Waals surface area contributed by atoms with Gasteiger partial charge in [0.05, 0.1) is 6.61 Å². The predicted octanol–water partition coefficient (Wildman–Crippen LogP) is 0.812. The quantitative estimate of drug-likeness (QED) is 0.600. The summed E-state index contributed by atoms with van der Waals surface area (Å²) in [6, 6.07) is 0. The Morgan fingerprint density at radius 2 is 2.00 bits per heavy atom. The molecule has 0 amide bonds. The molecule has 3 nitrogen and oxygen atoms in total. The van der Waals surface area contributed by atoms with E-state index in [0.717, 1.165) is 0 Å². The molecule has 0 saturated heterocycles. The fourth-order valence-electron chi connectivity index (χ4n) is 1.08. The van der Waals surface area contributed by atoms with E-state index in [-0.39, 0.29) is 12.5 Å². The van der Waals surface area contributed by atoms with E-state index < -0.39 is 11.4 Å². The SMILES string of the molecule is CC1C=CC(CO)(C(=O)O)C=C1. The lowest BCUT2D eigenvalue weighted by Gasteiger charge is -2.23. The van der Waals surface area contributed by atoms with E-state index in [4.69, 9.17) is 10.2 Å². The second-order valence-electron chi connectivity index (χ2n) is 3.08. The first-order chi connectivity index (χ1) is 5.60. The van der Waals surface area contributed by atoms with Crippen molar-refractivity contribution in [3.8, 4) is 0 Å². The largest absolute Gasteiger partial charge is 0.480 e. The zero-order valence-corrected chi connectivity index (χ0v) is 6.90. The molecule has 0 aromatic carbocycles. The molecule has 1 aliphatic carbocycles. The van der Waals surface area contributed by atoms with E-state index in [0.29, 0.717) is 0 Å². The molecule has 0 bridgehead atoms. The van der Waals surface area contributed by atoms with Crippen LogP contribution >= 0.6 is 0 Å². The van der Waals surface area contributed by atoms with Crippen LogP contribution in [-0.4, -0.2) is 22.8 Å². The minimum absolute atomic E-state index is 0.254. The molecule has 3 heteroatoms. The number of aliphatic hydroxyl groups is 1. The zero-order chi connectivity index (χ0) is 9.19. The molecule has 0 aromatic rings. The summed E-state index contributed by atoms with van der Waals surface area (Å²) < 4.78 is 0. The molecule has 0 aliphatic heterocycles. The second-order valence-corrected chi connectivity index (χ2v) is 3.08. The first-order valence-corrected chi connectivity index (χ1v) is 3.84. The first-order valence-electron chi connectivity index (χ1n) is 3.84. The van der Waals surface area contributed by atoms with Crippen molar-refractivity contribution in [3.05, 3.63) is 24.3 Å². The van der Waals surface area contributed by atoms with Gasteiger partial charge in [0.25, 0.3) is 0 Å². The van der Waals surface area contributed by atoms with Crippen LogP contribution in [0.1, 0.15) is 6.92 Å². The Balaban J connectivity index is 2.91. The van der Waals surface area contributed by atoms with Crippen LogP contribution < -0.4 is 0 Å². The number of aliphatic hydroxyl groups excluding tert-OH is 1. The lowest BCUT2D eigenvalue weighted by Crippen LogP contribution is -2.32. The smallest absolute Gasteiger partial charge is 0.319 e. The molecule has 0 fully saturated rings. The number of aliphatic carboxylic acids is 1. The van der Waals surface area contributed by atoms with Crippen molar-refractivity contribution in [1.82, 2.24) is 0 Å². The highest BCUT2D eigenvalue weighted by atomic mass is 16.4. The van der Waals surface area contributed by atoms with Crippen LogP contribution in [0.15, 0.2) is 24.3 Å². The molecule has 0 radical (unpaired) electrons. The Hall–Kier alpha value is -1.09. The van der Waals surface area contributed by atoms with Gasteiger partial charge in [0.2, 0.25) is 0 Å². The van der Waals surface area contributed by atoms with Crippen molar-refractivity contribution in [2.75, 3.05) is 6.61 Å². The summed E-state index contributed by atoms with van der Waals surface area (Å²) >= 11 is 0. The Bertz CT molecular complexity index is 226. The van der Waals surface area contributed by atoms with Gasteiger partial charge in [-0.3, -0.25) is 4.79 Å². The Kier molecular flexibility index (Phi) is 2.33. The van der Waals surface area contributed by atoms with Crippen molar-refractivity contribution >= 4 is 5.97 Å². The van der Waals surface area contributed by atoms with Gasteiger partial charge in [-0.2, -0.15) is 0 Å². The predicted molar refractivity (Wildman–Crippen MR) is 44.6 cm³/mol. The van der Waals surface area contributed by atoms with Crippen LogP contribution in [0.3, 0.4) is 0 Å². The maximum Gasteiger partial charge on any atom is 0.319 e. The molecular weight excluding hydrogens is 156 g/mol. The number of rotatable bonds is 2. The van der Waals surface area contributed by atoms with E-state index in [1.54, 1.807) is 24.3 Å². The fraction of sp³-hybridized carbons (Fsp3) is 0.444. The molecular formula is C9H12O3. The number of allylic oxidation sites excluding steroid dienone is 2. The minimum atomic E-state index is -1.19. The van der Waals surface area contributed by atoms with Crippen molar-refractivity contribution in [3.63, 3.8) is 0 Å². The third-order valence-electron chi connectivity index (χ3n) is 2.05. The third-order valence-corrected chi connectivity index (χ3v) is 2.05. The van der Waals surface area contributed by atoms with Crippen LogP contribution in [0.5, 0.6) is 0 Å². The van der Waals surface area contributed by atoms with E-state index in [2.05, 4.69) is 0 Å². The van der Waals surface area contributed by atoms with Crippen LogP contribution in [-0.2, 0) is 4.79 Å². The van der Waals surface area contributed by atoms with Crippen LogP contribution in [0.2, 0.25) is 0 Å². The van der Waals surface area contributed by atoms with Gasteiger partial charge >= 0.3 is 5.97 Å². The average Bonchev–Trinajstić information content (AvgIpc) is 2.06. The number of hydrogen-bond acceptors (Lipinski definition) is 2. The molecule has 0 atom stereocenters. The summed E-state index contributed by atoms with van der Waals surface area (Å²) in [6.07, 6.45) is 6.65. The highest BCUT2D eigenvalue weighted by Gasteiger charge is 2.33. The normalized spacial score (nSPS) is 33.7. The number of carboxylic acids is 1. The van der Waals surface area contributed by atoms with Gasteiger partial charge < -0.3 is 10.2 Å². The van der Waals surface area contributed by atoms with E-state index >= 15 is 0 Å². The molecule has 12 heavy (non-hydrogen) atoms. The van der Waals surface area contributed by atoms with Gasteiger partial charge in [0.1, 0.15) is 5.41 Å². The molecule has 0 aromatic heterocycles. The van der Waals surface area contributed by atoms with Crippen LogP contribution in [0.4, 0.5) is 0 Å². The molecule has 66 valence electrons. The molecule has 0 saturated carbocycles. The second kappa shape index (κ2) is 3.11. The Morgan fingerprint density at radius 1 is 1.50 bits per heavy atom. The lowest BCUT2D eigenvalue weighted by molar-refractivity contribution is -0.145. The first kappa shape index (κ1) is 9.00. The van der Waals surface area contributed by atoms with Crippen molar-refractivity contribution in [1.29, 1.82) is 0 Å². The van der Waals surface area contributed by atoms with E-state index in [9.17, 15) is 4.79 Å². The maximum absolute atomic E-state index is 10.8. The summed E-state index contributed by atoms with van der Waals surface area (Å²) in [5.41, 5.74) is -1.19. The third kappa shape index (κ3) is 1.41. The zero-order valence-electron chi connectivity index (χ0n) is 6.90. The summed E-state index contributed by atoms with van der Waals surface area (Å²) in [7, 11) is 0.